The Morgan fingerprint density at radius 2 is 1.71 bits per heavy atom. The van der Waals surface area contributed by atoms with Crippen LogP contribution in [-0.4, -0.2) is 18.1 Å². The van der Waals surface area contributed by atoms with E-state index in [2.05, 4.69) is 17.1 Å². The summed E-state index contributed by atoms with van der Waals surface area (Å²) in [6, 6.07) is 14.1. The number of hydrogen-bond acceptors (Lipinski definition) is 3. The Balaban J connectivity index is 1.80. The van der Waals surface area contributed by atoms with E-state index in [1.54, 1.807) is 4.90 Å². The monoisotopic (exact) mass is 331 g/mol. The minimum absolute atomic E-state index is 0.138. The van der Waals surface area contributed by atoms with Gasteiger partial charge in [-0.05, 0) is 36.5 Å². The molecule has 24 heavy (non-hydrogen) atoms. The Labute approximate surface area is 138 Å². The summed E-state index contributed by atoms with van der Waals surface area (Å²) in [7, 11) is 0. The van der Waals surface area contributed by atoms with Crippen molar-refractivity contribution in [2.75, 3.05) is 18.0 Å². The van der Waals surface area contributed by atoms with Crippen molar-refractivity contribution in [2.24, 2.45) is 0 Å². The third-order valence-corrected chi connectivity index (χ3v) is 4.35. The van der Waals surface area contributed by atoms with Crippen LogP contribution in [0.3, 0.4) is 0 Å². The molecule has 1 aromatic heterocycles. The highest BCUT2D eigenvalue weighted by molar-refractivity contribution is 5.55. The Morgan fingerprint density at radius 3 is 2.29 bits per heavy atom. The van der Waals surface area contributed by atoms with Gasteiger partial charge in [0.05, 0.1) is 5.56 Å². The quantitative estimate of drug-likeness (QED) is 0.821. The van der Waals surface area contributed by atoms with Crippen molar-refractivity contribution in [2.45, 2.75) is 24.9 Å². The highest BCUT2D eigenvalue weighted by Crippen LogP contribution is 2.33. The largest absolute Gasteiger partial charge is 0.433 e. The van der Waals surface area contributed by atoms with Crippen LogP contribution in [0.2, 0.25) is 0 Å². The van der Waals surface area contributed by atoms with Gasteiger partial charge >= 0.3 is 6.18 Å². The number of piperidine rings is 1. The maximum Gasteiger partial charge on any atom is 0.433 e. The molecule has 6 heteroatoms. The van der Waals surface area contributed by atoms with Crippen molar-refractivity contribution < 1.29 is 13.2 Å². The fourth-order valence-electron chi connectivity index (χ4n) is 3.08. The van der Waals surface area contributed by atoms with Gasteiger partial charge in [-0.1, -0.05) is 30.3 Å². The minimum atomic E-state index is -4.51. The molecule has 2 aromatic rings. The van der Waals surface area contributed by atoms with Gasteiger partial charge in [-0.15, -0.1) is 0 Å². The zero-order valence-electron chi connectivity index (χ0n) is 12.9. The fraction of sp³-hybridized carbons (Fsp3) is 0.333. The summed E-state index contributed by atoms with van der Waals surface area (Å²) in [6.45, 7) is 1.17. The Morgan fingerprint density at radius 1 is 1.04 bits per heavy atom. The van der Waals surface area contributed by atoms with E-state index in [0.717, 1.165) is 18.9 Å². The summed E-state index contributed by atoms with van der Waals surface area (Å²) in [5.74, 6) is 0.526. The van der Waals surface area contributed by atoms with Crippen LogP contribution in [0.5, 0.6) is 0 Å². The summed E-state index contributed by atoms with van der Waals surface area (Å²) in [5.41, 5.74) is 0.470. The van der Waals surface area contributed by atoms with E-state index in [1.165, 1.54) is 11.6 Å². The molecule has 0 spiro atoms. The minimum Gasteiger partial charge on any atom is -0.355 e. The van der Waals surface area contributed by atoms with Crippen molar-refractivity contribution in [1.29, 1.82) is 5.26 Å². The van der Waals surface area contributed by atoms with Crippen LogP contribution in [0.4, 0.5) is 19.0 Å². The van der Waals surface area contributed by atoms with Gasteiger partial charge in [0.2, 0.25) is 0 Å². The zero-order chi connectivity index (χ0) is 17.2. The average molecular weight is 331 g/mol. The summed E-state index contributed by atoms with van der Waals surface area (Å²) in [6.07, 6.45) is -2.86. The van der Waals surface area contributed by atoms with E-state index in [-0.39, 0.29) is 11.4 Å². The topological polar surface area (TPSA) is 39.9 Å². The summed E-state index contributed by atoms with van der Waals surface area (Å²) >= 11 is 0. The van der Waals surface area contributed by atoms with Crippen LogP contribution in [-0.2, 0) is 6.18 Å². The predicted octanol–water partition coefficient (Wildman–Crippen LogP) is 4.36. The first-order valence-electron chi connectivity index (χ1n) is 7.77. The fourth-order valence-corrected chi connectivity index (χ4v) is 3.08. The lowest BCUT2D eigenvalue weighted by Crippen LogP contribution is -2.34. The van der Waals surface area contributed by atoms with E-state index in [1.807, 2.05) is 24.3 Å². The highest BCUT2D eigenvalue weighted by atomic mass is 19.4. The lowest BCUT2D eigenvalue weighted by atomic mass is 9.89. The van der Waals surface area contributed by atoms with Gasteiger partial charge in [0.25, 0.3) is 0 Å². The van der Waals surface area contributed by atoms with Crippen LogP contribution >= 0.6 is 0 Å². The summed E-state index contributed by atoms with van der Waals surface area (Å²) < 4.78 is 38.7. The highest BCUT2D eigenvalue weighted by Gasteiger charge is 2.34. The third-order valence-electron chi connectivity index (χ3n) is 4.35. The molecule has 0 radical (unpaired) electrons. The second kappa shape index (κ2) is 6.52. The second-order valence-corrected chi connectivity index (χ2v) is 5.85. The van der Waals surface area contributed by atoms with Gasteiger partial charge in [0.1, 0.15) is 17.6 Å². The first-order chi connectivity index (χ1) is 11.5. The first-order valence-corrected chi connectivity index (χ1v) is 7.77. The van der Waals surface area contributed by atoms with Crippen LogP contribution < -0.4 is 4.90 Å². The molecule has 3 nitrogen and oxygen atoms in total. The molecule has 0 unspecified atom stereocenters. The van der Waals surface area contributed by atoms with Crippen LogP contribution in [0.15, 0.2) is 42.5 Å². The number of halogens is 3. The molecular formula is C18H16F3N3. The molecule has 0 amide bonds. The maximum atomic E-state index is 12.9. The third kappa shape index (κ3) is 3.35. The standard InChI is InChI=1S/C18H16F3N3/c19-18(20,21)16-7-6-15(12-22)17(23-16)24-10-8-14(9-11-24)13-4-2-1-3-5-13/h1-7,14H,8-11H2. The SMILES string of the molecule is N#Cc1ccc(C(F)(F)F)nc1N1CCC(c2ccccc2)CC1. The molecule has 3 rings (SSSR count). The molecule has 1 saturated heterocycles. The van der Waals surface area contributed by atoms with E-state index in [0.29, 0.717) is 19.0 Å². The first kappa shape index (κ1) is 16.3. The van der Waals surface area contributed by atoms with Crippen LogP contribution in [0, 0.1) is 11.3 Å². The summed E-state index contributed by atoms with van der Waals surface area (Å²) in [5, 5.41) is 9.17. The normalized spacial score (nSPS) is 16.0. The van der Waals surface area contributed by atoms with Gasteiger partial charge in [-0.25, -0.2) is 4.98 Å². The second-order valence-electron chi connectivity index (χ2n) is 5.85. The number of rotatable bonds is 2. The smallest absolute Gasteiger partial charge is 0.355 e. The van der Waals surface area contributed by atoms with Crippen LogP contribution in [0.1, 0.15) is 35.6 Å². The number of pyridine rings is 1. The lowest BCUT2D eigenvalue weighted by Gasteiger charge is -2.33. The predicted molar refractivity (Wildman–Crippen MR) is 84.6 cm³/mol. The molecule has 0 aliphatic carbocycles. The van der Waals surface area contributed by atoms with Crippen molar-refractivity contribution in [3.05, 3.63) is 59.3 Å². The van der Waals surface area contributed by atoms with Gasteiger partial charge in [-0.3, -0.25) is 0 Å². The van der Waals surface area contributed by atoms with Gasteiger partial charge in [0.15, 0.2) is 0 Å². The van der Waals surface area contributed by atoms with Crippen LogP contribution in [0.25, 0.3) is 0 Å². The summed E-state index contributed by atoms with van der Waals surface area (Å²) in [4.78, 5) is 5.50. The van der Waals surface area contributed by atoms with Gasteiger partial charge in [0, 0.05) is 13.1 Å². The molecule has 0 N–H and O–H groups in total. The number of hydrogen-bond donors (Lipinski definition) is 0. The Kier molecular flexibility index (Phi) is 4.43. The molecule has 1 aromatic carbocycles. The maximum absolute atomic E-state index is 12.9. The molecule has 0 bridgehead atoms. The van der Waals surface area contributed by atoms with E-state index in [4.69, 9.17) is 0 Å². The molecule has 1 fully saturated rings. The van der Waals surface area contributed by atoms with Gasteiger partial charge < -0.3 is 4.90 Å². The molecule has 0 saturated carbocycles. The van der Waals surface area contributed by atoms with Crippen molar-refractivity contribution in [1.82, 2.24) is 4.98 Å². The van der Waals surface area contributed by atoms with E-state index < -0.39 is 11.9 Å². The van der Waals surface area contributed by atoms with Crippen molar-refractivity contribution in [3.8, 4) is 6.07 Å². The zero-order valence-corrected chi connectivity index (χ0v) is 12.9. The number of anilines is 1. The molecule has 0 atom stereocenters. The number of benzene rings is 1. The number of nitrogens with zero attached hydrogens (tertiary/aromatic N) is 3. The van der Waals surface area contributed by atoms with Crippen molar-refractivity contribution in [3.63, 3.8) is 0 Å². The van der Waals surface area contributed by atoms with E-state index in [9.17, 15) is 18.4 Å². The molecule has 1 aliphatic heterocycles. The lowest BCUT2D eigenvalue weighted by molar-refractivity contribution is -0.141. The van der Waals surface area contributed by atoms with Crippen molar-refractivity contribution >= 4 is 5.82 Å². The molecular weight excluding hydrogens is 315 g/mol. The van der Waals surface area contributed by atoms with Gasteiger partial charge in [-0.2, -0.15) is 18.4 Å². The number of nitriles is 1. The number of aromatic nitrogens is 1. The average Bonchev–Trinajstić information content (AvgIpc) is 2.61. The Bertz CT molecular complexity index is 742. The molecule has 1 aliphatic rings. The number of alkyl halides is 3. The van der Waals surface area contributed by atoms with E-state index >= 15 is 0 Å². The molecule has 2 heterocycles. The molecule has 124 valence electrons. The Hall–Kier alpha value is -2.55.